The first kappa shape index (κ1) is 15.7. The van der Waals surface area contributed by atoms with Gasteiger partial charge in [-0.3, -0.25) is 10.1 Å². The van der Waals surface area contributed by atoms with Crippen molar-refractivity contribution in [1.82, 2.24) is 0 Å². The highest BCUT2D eigenvalue weighted by Crippen LogP contribution is 2.32. The van der Waals surface area contributed by atoms with E-state index >= 15 is 0 Å². The Labute approximate surface area is 128 Å². The molecule has 2 aromatic rings. The Morgan fingerprint density at radius 1 is 1.18 bits per heavy atom. The summed E-state index contributed by atoms with van der Waals surface area (Å²) in [6.45, 7) is 4.11. The minimum absolute atomic E-state index is 0.128. The lowest BCUT2D eigenvalue weighted by molar-refractivity contribution is -0.384. The molecule has 0 aromatic heterocycles. The lowest BCUT2D eigenvalue weighted by Crippen LogP contribution is -2.03. The number of nitro groups is 1. The van der Waals surface area contributed by atoms with Crippen molar-refractivity contribution < 1.29 is 14.5 Å². The minimum Gasteiger partial charge on any atom is -0.465 e. The number of nitro benzene ring substituents is 1. The molecule has 22 heavy (non-hydrogen) atoms. The molecule has 0 bridgehead atoms. The van der Waals surface area contributed by atoms with E-state index in [4.69, 9.17) is 0 Å². The van der Waals surface area contributed by atoms with E-state index in [0.29, 0.717) is 5.56 Å². The molecule has 0 radical (unpaired) electrons. The van der Waals surface area contributed by atoms with Crippen LogP contribution in [0.25, 0.3) is 11.1 Å². The van der Waals surface area contributed by atoms with Gasteiger partial charge < -0.3 is 4.74 Å². The number of hydrogen-bond donors (Lipinski definition) is 0. The van der Waals surface area contributed by atoms with Crippen molar-refractivity contribution in [2.75, 3.05) is 7.11 Å². The molecule has 2 rings (SSSR count). The van der Waals surface area contributed by atoms with Crippen LogP contribution in [0.2, 0.25) is 0 Å². The average molecular weight is 299 g/mol. The first-order valence-corrected chi connectivity index (χ1v) is 6.91. The molecule has 0 fully saturated rings. The molecular weight excluding hydrogens is 282 g/mol. The van der Waals surface area contributed by atoms with E-state index in [1.54, 1.807) is 6.07 Å². The molecule has 5 heteroatoms. The third-order valence-corrected chi connectivity index (χ3v) is 3.44. The van der Waals surface area contributed by atoms with Gasteiger partial charge in [0.2, 0.25) is 0 Å². The summed E-state index contributed by atoms with van der Waals surface area (Å²) < 4.78 is 4.68. The number of ether oxygens (including phenoxy) is 1. The Morgan fingerprint density at radius 2 is 1.86 bits per heavy atom. The molecule has 0 N–H and O–H groups in total. The molecular formula is C17H17NO4. The zero-order valence-corrected chi connectivity index (χ0v) is 12.7. The molecule has 0 amide bonds. The van der Waals surface area contributed by atoms with E-state index in [9.17, 15) is 14.9 Å². The van der Waals surface area contributed by atoms with Crippen LogP contribution in [-0.2, 0) is 4.74 Å². The maximum absolute atomic E-state index is 11.7. The Bertz CT molecular complexity index is 722. The first-order chi connectivity index (χ1) is 10.4. The van der Waals surface area contributed by atoms with E-state index in [1.807, 2.05) is 24.3 Å². The van der Waals surface area contributed by atoms with Gasteiger partial charge >= 0.3 is 5.97 Å². The van der Waals surface area contributed by atoms with Gasteiger partial charge in [-0.1, -0.05) is 38.1 Å². The van der Waals surface area contributed by atoms with E-state index in [-0.39, 0.29) is 17.2 Å². The van der Waals surface area contributed by atoms with Gasteiger partial charge in [0.25, 0.3) is 5.69 Å². The normalized spacial score (nSPS) is 10.5. The van der Waals surface area contributed by atoms with Crippen LogP contribution in [0.15, 0.2) is 42.5 Å². The van der Waals surface area contributed by atoms with E-state index in [1.165, 1.54) is 19.2 Å². The highest BCUT2D eigenvalue weighted by molar-refractivity contribution is 5.92. The molecule has 0 atom stereocenters. The number of carbonyl (C=O) groups excluding carboxylic acids is 1. The number of methoxy groups -OCH3 is 1. The van der Waals surface area contributed by atoms with Gasteiger partial charge in [-0.25, -0.2) is 4.79 Å². The molecule has 2 aromatic carbocycles. The van der Waals surface area contributed by atoms with Crippen LogP contribution in [-0.4, -0.2) is 18.0 Å². The quantitative estimate of drug-likeness (QED) is 0.482. The van der Waals surface area contributed by atoms with Crippen LogP contribution in [0.3, 0.4) is 0 Å². The van der Waals surface area contributed by atoms with E-state index < -0.39 is 10.9 Å². The van der Waals surface area contributed by atoms with Crippen molar-refractivity contribution in [2.24, 2.45) is 0 Å². The van der Waals surface area contributed by atoms with Crippen LogP contribution in [0, 0.1) is 10.1 Å². The zero-order chi connectivity index (χ0) is 16.3. The number of hydrogen-bond acceptors (Lipinski definition) is 4. The van der Waals surface area contributed by atoms with Crippen molar-refractivity contribution in [1.29, 1.82) is 0 Å². The number of benzene rings is 2. The average Bonchev–Trinajstić information content (AvgIpc) is 2.53. The van der Waals surface area contributed by atoms with Crippen LogP contribution in [0.1, 0.15) is 35.7 Å². The monoisotopic (exact) mass is 299 g/mol. The molecule has 0 aliphatic carbocycles. The Balaban J connectivity index is 2.67. The largest absolute Gasteiger partial charge is 0.465 e. The first-order valence-electron chi connectivity index (χ1n) is 6.91. The summed E-state index contributed by atoms with van der Waals surface area (Å²) in [4.78, 5) is 22.4. The lowest BCUT2D eigenvalue weighted by atomic mass is 9.91. The van der Waals surface area contributed by atoms with Gasteiger partial charge in [0.15, 0.2) is 0 Å². The second-order valence-electron chi connectivity index (χ2n) is 5.26. The molecule has 114 valence electrons. The van der Waals surface area contributed by atoms with Crippen LogP contribution in [0.4, 0.5) is 5.69 Å². The summed E-state index contributed by atoms with van der Waals surface area (Å²) >= 11 is 0. The Kier molecular flexibility index (Phi) is 4.56. The van der Waals surface area contributed by atoms with Crippen LogP contribution >= 0.6 is 0 Å². The standard InChI is InChI=1S/C17H17NO4/c1-11(2)15-6-4-5-7-16(15)12-8-13(17(19)22-3)10-14(9-12)18(20)21/h4-11H,1-3H3. The smallest absolute Gasteiger partial charge is 0.338 e. The summed E-state index contributed by atoms with van der Waals surface area (Å²) in [5, 5.41) is 11.1. The molecule has 0 saturated heterocycles. The summed E-state index contributed by atoms with van der Waals surface area (Å²) in [5.74, 6) is -0.330. The van der Waals surface area contributed by atoms with Crippen molar-refractivity contribution in [3.8, 4) is 11.1 Å². The van der Waals surface area contributed by atoms with Crippen molar-refractivity contribution in [3.63, 3.8) is 0 Å². The summed E-state index contributed by atoms with van der Waals surface area (Å²) in [6, 6.07) is 12.0. The van der Waals surface area contributed by atoms with Gasteiger partial charge in [0.1, 0.15) is 0 Å². The van der Waals surface area contributed by atoms with Crippen molar-refractivity contribution >= 4 is 11.7 Å². The second-order valence-corrected chi connectivity index (χ2v) is 5.26. The van der Waals surface area contributed by atoms with Gasteiger partial charge in [0, 0.05) is 12.1 Å². The second kappa shape index (κ2) is 6.39. The number of esters is 1. The summed E-state index contributed by atoms with van der Waals surface area (Å²) in [6.07, 6.45) is 0. The summed E-state index contributed by atoms with van der Waals surface area (Å²) in [5.41, 5.74) is 2.63. The van der Waals surface area contributed by atoms with Crippen LogP contribution in [0.5, 0.6) is 0 Å². The van der Waals surface area contributed by atoms with E-state index in [0.717, 1.165) is 11.1 Å². The highest BCUT2D eigenvalue weighted by atomic mass is 16.6. The van der Waals surface area contributed by atoms with Gasteiger partial charge in [-0.05, 0) is 28.7 Å². The molecule has 0 aliphatic rings. The molecule has 0 unspecified atom stereocenters. The van der Waals surface area contributed by atoms with Crippen molar-refractivity contribution in [3.05, 3.63) is 63.7 Å². The number of carbonyl (C=O) groups is 1. The SMILES string of the molecule is COC(=O)c1cc(-c2ccccc2C(C)C)cc([N+](=O)[O-])c1. The Morgan fingerprint density at radius 3 is 2.45 bits per heavy atom. The predicted octanol–water partition coefficient (Wildman–Crippen LogP) is 4.17. The zero-order valence-electron chi connectivity index (χ0n) is 12.7. The molecule has 0 heterocycles. The third-order valence-electron chi connectivity index (χ3n) is 3.44. The van der Waals surface area contributed by atoms with Gasteiger partial charge in [0.05, 0.1) is 17.6 Å². The molecule has 0 spiro atoms. The number of nitrogens with zero attached hydrogens (tertiary/aromatic N) is 1. The predicted molar refractivity (Wildman–Crippen MR) is 84.0 cm³/mol. The fourth-order valence-corrected chi connectivity index (χ4v) is 2.37. The highest BCUT2D eigenvalue weighted by Gasteiger charge is 2.17. The maximum Gasteiger partial charge on any atom is 0.338 e. The third kappa shape index (κ3) is 3.14. The number of non-ortho nitro benzene ring substituents is 1. The molecule has 5 nitrogen and oxygen atoms in total. The topological polar surface area (TPSA) is 69.4 Å². The number of rotatable bonds is 4. The van der Waals surface area contributed by atoms with Gasteiger partial charge in [-0.2, -0.15) is 0 Å². The fraction of sp³-hybridized carbons (Fsp3) is 0.235. The minimum atomic E-state index is -0.591. The molecule has 0 saturated carbocycles. The van der Waals surface area contributed by atoms with Crippen molar-refractivity contribution in [2.45, 2.75) is 19.8 Å². The van der Waals surface area contributed by atoms with Crippen LogP contribution < -0.4 is 0 Å². The maximum atomic E-state index is 11.7. The van der Waals surface area contributed by atoms with Gasteiger partial charge in [-0.15, -0.1) is 0 Å². The Hall–Kier alpha value is -2.69. The molecule has 0 aliphatic heterocycles. The fourth-order valence-electron chi connectivity index (χ4n) is 2.37. The van der Waals surface area contributed by atoms with E-state index in [2.05, 4.69) is 18.6 Å². The summed E-state index contributed by atoms with van der Waals surface area (Å²) in [7, 11) is 1.25. The lowest BCUT2D eigenvalue weighted by Gasteiger charge is -2.13.